The normalized spacial score (nSPS) is 22.4. The van der Waals surface area contributed by atoms with Crippen LogP contribution in [0.25, 0.3) is 0 Å². The number of carbonyl (C=O) groups excluding carboxylic acids is 1. The minimum atomic E-state index is -0.875. The van der Waals surface area contributed by atoms with Crippen LogP contribution in [0.5, 0.6) is 0 Å². The van der Waals surface area contributed by atoms with E-state index in [2.05, 4.69) is 5.32 Å². The lowest BCUT2D eigenvalue weighted by atomic mass is 10.1. The Balaban J connectivity index is 1.85. The maximum atomic E-state index is 13.6. The number of benzene rings is 1. The topological polar surface area (TPSA) is 49.3 Å². The van der Waals surface area contributed by atoms with Crippen molar-refractivity contribution in [2.45, 2.75) is 38.2 Å². The number of halogens is 2. The summed E-state index contributed by atoms with van der Waals surface area (Å²) < 4.78 is 26.7. The summed E-state index contributed by atoms with van der Waals surface area (Å²) in [5, 5.41) is 12.1. The number of rotatable bonds is 6. The molecule has 1 fully saturated rings. The third-order valence-corrected chi connectivity index (χ3v) is 3.76. The molecule has 1 aliphatic carbocycles. The number of carbonyl (C=O) groups is 1. The Kier molecular flexibility index (Phi) is 4.70. The van der Waals surface area contributed by atoms with Crippen LogP contribution in [-0.2, 0) is 4.79 Å². The van der Waals surface area contributed by atoms with E-state index in [9.17, 15) is 18.7 Å². The van der Waals surface area contributed by atoms with E-state index in [4.69, 9.17) is 0 Å². The number of amides is 1. The summed E-state index contributed by atoms with van der Waals surface area (Å²) in [6.45, 7) is 2.28. The fourth-order valence-electron chi connectivity index (χ4n) is 2.33. The minimum Gasteiger partial charge on any atom is -0.393 e. The van der Waals surface area contributed by atoms with E-state index >= 15 is 0 Å². The lowest BCUT2D eigenvalue weighted by Crippen LogP contribution is -2.28. The predicted molar refractivity (Wildman–Crippen MR) is 71.1 cm³/mol. The van der Waals surface area contributed by atoms with Crippen molar-refractivity contribution in [3.05, 3.63) is 35.4 Å². The van der Waals surface area contributed by atoms with Crippen molar-refractivity contribution in [2.24, 2.45) is 5.92 Å². The van der Waals surface area contributed by atoms with E-state index < -0.39 is 17.7 Å². The monoisotopic (exact) mass is 283 g/mol. The second-order valence-corrected chi connectivity index (χ2v) is 5.23. The van der Waals surface area contributed by atoms with Crippen LogP contribution in [0.1, 0.15) is 37.7 Å². The second kappa shape index (κ2) is 6.31. The lowest BCUT2D eigenvalue weighted by Gasteiger charge is -2.09. The van der Waals surface area contributed by atoms with Gasteiger partial charge in [0.05, 0.1) is 6.10 Å². The van der Waals surface area contributed by atoms with Gasteiger partial charge in [0.1, 0.15) is 0 Å². The molecule has 110 valence electrons. The number of hydrogen-bond donors (Lipinski definition) is 2. The summed E-state index contributed by atoms with van der Waals surface area (Å²) in [6, 6.07) is 4.05. The zero-order chi connectivity index (χ0) is 14.7. The Morgan fingerprint density at radius 3 is 2.95 bits per heavy atom. The first kappa shape index (κ1) is 14.9. The Morgan fingerprint density at radius 1 is 1.50 bits per heavy atom. The number of aliphatic hydroxyl groups is 1. The first-order valence-electron chi connectivity index (χ1n) is 6.94. The van der Waals surface area contributed by atoms with E-state index in [0.717, 1.165) is 6.07 Å². The van der Waals surface area contributed by atoms with Gasteiger partial charge in [-0.15, -0.1) is 0 Å². The van der Waals surface area contributed by atoms with Gasteiger partial charge in [0.25, 0.3) is 0 Å². The molecule has 2 rings (SSSR count). The van der Waals surface area contributed by atoms with E-state index in [1.165, 1.54) is 12.1 Å². The Morgan fingerprint density at radius 2 is 2.25 bits per heavy atom. The molecule has 1 aromatic rings. The van der Waals surface area contributed by atoms with Crippen LogP contribution in [0.2, 0.25) is 0 Å². The fraction of sp³-hybridized carbons (Fsp3) is 0.533. The molecule has 0 spiro atoms. The standard InChI is InChI=1S/C15H19F2NO2/c1-2-9(19)6-7-18-15(20)12-8-11(12)10-4-3-5-13(16)14(10)17/h3-5,9,11-12,19H,2,6-8H2,1H3,(H,18,20). The molecule has 3 nitrogen and oxygen atoms in total. The van der Waals surface area contributed by atoms with E-state index in [1.54, 1.807) is 0 Å². The van der Waals surface area contributed by atoms with Crippen molar-refractivity contribution in [3.63, 3.8) is 0 Å². The maximum Gasteiger partial charge on any atom is 0.223 e. The molecule has 0 radical (unpaired) electrons. The molecular formula is C15H19F2NO2. The fourth-order valence-corrected chi connectivity index (χ4v) is 2.33. The highest BCUT2D eigenvalue weighted by Gasteiger charge is 2.45. The van der Waals surface area contributed by atoms with Gasteiger partial charge in [0.2, 0.25) is 5.91 Å². The quantitative estimate of drug-likeness (QED) is 0.842. The van der Waals surface area contributed by atoms with Gasteiger partial charge in [-0.05, 0) is 36.8 Å². The molecular weight excluding hydrogens is 264 g/mol. The predicted octanol–water partition coefficient (Wildman–Crippen LogP) is 2.35. The molecule has 0 aliphatic heterocycles. The van der Waals surface area contributed by atoms with Gasteiger partial charge in [-0.2, -0.15) is 0 Å². The van der Waals surface area contributed by atoms with Crippen molar-refractivity contribution < 1.29 is 18.7 Å². The molecule has 0 bridgehead atoms. The van der Waals surface area contributed by atoms with Crippen LogP contribution in [0.3, 0.4) is 0 Å². The summed E-state index contributed by atoms with van der Waals surface area (Å²) >= 11 is 0. The first-order valence-corrected chi connectivity index (χ1v) is 6.94. The smallest absolute Gasteiger partial charge is 0.223 e. The van der Waals surface area contributed by atoms with Gasteiger partial charge in [0, 0.05) is 12.5 Å². The van der Waals surface area contributed by atoms with Crippen molar-refractivity contribution in [2.75, 3.05) is 6.54 Å². The Labute approximate surface area is 117 Å². The molecule has 20 heavy (non-hydrogen) atoms. The van der Waals surface area contributed by atoms with Crippen molar-refractivity contribution >= 4 is 5.91 Å². The summed E-state index contributed by atoms with van der Waals surface area (Å²) in [4.78, 5) is 11.8. The average Bonchev–Trinajstić information content (AvgIpc) is 3.21. The van der Waals surface area contributed by atoms with Crippen LogP contribution in [0.4, 0.5) is 8.78 Å². The molecule has 1 aliphatic rings. The molecule has 1 amide bonds. The van der Waals surface area contributed by atoms with Crippen LogP contribution in [-0.4, -0.2) is 23.7 Å². The zero-order valence-corrected chi connectivity index (χ0v) is 11.4. The third-order valence-electron chi connectivity index (χ3n) is 3.76. The second-order valence-electron chi connectivity index (χ2n) is 5.23. The molecule has 0 heterocycles. The summed E-state index contributed by atoms with van der Waals surface area (Å²) in [7, 11) is 0. The molecule has 2 N–H and O–H groups in total. The Hall–Kier alpha value is -1.49. The summed E-state index contributed by atoms with van der Waals surface area (Å²) in [5.74, 6) is -2.40. The van der Waals surface area contributed by atoms with Crippen molar-refractivity contribution in [1.29, 1.82) is 0 Å². The van der Waals surface area contributed by atoms with E-state index in [1.807, 2.05) is 6.92 Å². The minimum absolute atomic E-state index is 0.151. The van der Waals surface area contributed by atoms with Crippen LogP contribution in [0, 0.1) is 17.6 Å². The molecule has 3 atom stereocenters. The molecule has 0 saturated heterocycles. The van der Waals surface area contributed by atoms with Crippen LogP contribution < -0.4 is 5.32 Å². The highest BCUT2D eigenvalue weighted by molar-refractivity contribution is 5.82. The van der Waals surface area contributed by atoms with Crippen LogP contribution >= 0.6 is 0 Å². The molecule has 5 heteroatoms. The van der Waals surface area contributed by atoms with Gasteiger partial charge in [-0.25, -0.2) is 8.78 Å². The number of aliphatic hydroxyl groups excluding tert-OH is 1. The summed E-state index contributed by atoms with van der Waals surface area (Å²) in [6.07, 6.45) is 1.29. The average molecular weight is 283 g/mol. The van der Waals surface area contributed by atoms with Gasteiger partial charge >= 0.3 is 0 Å². The maximum absolute atomic E-state index is 13.6. The highest BCUT2D eigenvalue weighted by Crippen LogP contribution is 2.48. The molecule has 1 aromatic carbocycles. The van der Waals surface area contributed by atoms with Crippen molar-refractivity contribution in [1.82, 2.24) is 5.32 Å². The highest BCUT2D eigenvalue weighted by atomic mass is 19.2. The van der Waals surface area contributed by atoms with Gasteiger partial charge in [-0.3, -0.25) is 4.79 Å². The molecule has 0 aromatic heterocycles. The zero-order valence-electron chi connectivity index (χ0n) is 11.4. The number of nitrogens with one attached hydrogen (secondary N) is 1. The Bertz CT molecular complexity index is 493. The van der Waals surface area contributed by atoms with Gasteiger partial charge < -0.3 is 10.4 Å². The third kappa shape index (κ3) is 3.33. The van der Waals surface area contributed by atoms with E-state index in [-0.39, 0.29) is 23.3 Å². The van der Waals surface area contributed by atoms with Crippen molar-refractivity contribution in [3.8, 4) is 0 Å². The largest absolute Gasteiger partial charge is 0.393 e. The van der Waals surface area contributed by atoms with Gasteiger partial charge in [0.15, 0.2) is 11.6 Å². The number of hydrogen-bond acceptors (Lipinski definition) is 2. The molecule has 1 saturated carbocycles. The molecule has 3 unspecified atom stereocenters. The van der Waals surface area contributed by atoms with Crippen LogP contribution in [0.15, 0.2) is 18.2 Å². The first-order chi connectivity index (χ1) is 9.54. The summed E-state index contributed by atoms with van der Waals surface area (Å²) in [5.41, 5.74) is 0.277. The lowest BCUT2D eigenvalue weighted by molar-refractivity contribution is -0.122. The SMILES string of the molecule is CCC(O)CCNC(=O)C1CC1c1cccc(F)c1F. The van der Waals surface area contributed by atoms with E-state index in [0.29, 0.717) is 25.8 Å². The van der Waals surface area contributed by atoms with Gasteiger partial charge in [-0.1, -0.05) is 19.1 Å².